The van der Waals surface area contributed by atoms with Crippen molar-refractivity contribution in [3.05, 3.63) is 58.7 Å². The van der Waals surface area contributed by atoms with Crippen LogP contribution in [0.2, 0.25) is 0 Å². The molecule has 1 saturated heterocycles. The first kappa shape index (κ1) is 18.0. The van der Waals surface area contributed by atoms with E-state index < -0.39 is 5.95 Å². The van der Waals surface area contributed by atoms with Crippen molar-refractivity contribution < 1.29 is 9.13 Å². The highest BCUT2D eigenvalue weighted by Crippen LogP contribution is 2.33. The molecule has 29 heavy (non-hydrogen) atoms. The number of hydrogen-bond acceptors (Lipinski definition) is 4. The van der Waals surface area contributed by atoms with E-state index in [1.165, 1.54) is 12.3 Å². The number of aryl methyl sites for hydroxylation is 2. The second-order valence-corrected chi connectivity index (χ2v) is 7.63. The molecule has 1 fully saturated rings. The molecule has 0 saturated carbocycles. The van der Waals surface area contributed by atoms with E-state index in [4.69, 9.17) is 4.74 Å². The minimum Gasteiger partial charge on any atom is -0.379 e. The van der Waals surface area contributed by atoms with Crippen molar-refractivity contribution >= 4 is 21.9 Å². The third kappa shape index (κ3) is 2.84. The highest BCUT2D eigenvalue weighted by molar-refractivity contribution is 6.04. The van der Waals surface area contributed by atoms with E-state index in [9.17, 15) is 9.18 Å². The zero-order chi connectivity index (χ0) is 20.1. The average Bonchev–Trinajstić information content (AvgIpc) is 2.99. The maximum atomic E-state index is 13.3. The van der Waals surface area contributed by atoms with Gasteiger partial charge in [0.15, 0.2) is 0 Å². The van der Waals surface area contributed by atoms with Gasteiger partial charge in [0.05, 0.1) is 35.4 Å². The Labute approximate surface area is 166 Å². The highest BCUT2D eigenvalue weighted by atomic mass is 19.1. The van der Waals surface area contributed by atoms with Gasteiger partial charge in [-0.2, -0.15) is 4.39 Å². The fourth-order valence-corrected chi connectivity index (χ4v) is 4.29. The van der Waals surface area contributed by atoms with Crippen LogP contribution in [0.3, 0.4) is 0 Å². The summed E-state index contributed by atoms with van der Waals surface area (Å²) in [6.45, 7) is 3.26. The van der Waals surface area contributed by atoms with Crippen molar-refractivity contribution in [2.24, 2.45) is 7.05 Å². The Morgan fingerprint density at radius 3 is 2.79 bits per heavy atom. The van der Waals surface area contributed by atoms with E-state index in [2.05, 4.69) is 9.97 Å². The first-order valence-corrected chi connectivity index (χ1v) is 9.74. The molecule has 1 aliphatic heterocycles. The van der Waals surface area contributed by atoms with Gasteiger partial charge in [0.2, 0.25) is 5.95 Å². The van der Waals surface area contributed by atoms with Gasteiger partial charge >= 0.3 is 5.69 Å². The first-order chi connectivity index (χ1) is 14.0. The van der Waals surface area contributed by atoms with Crippen LogP contribution in [-0.2, 0) is 11.8 Å². The maximum Gasteiger partial charge on any atom is 0.329 e. The summed E-state index contributed by atoms with van der Waals surface area (Å²) in [5, 5.41) is 0.899. The lowest BCUT2D eigenvalue weighted by Gasteiger charge is -2.23. The lowest BCUT2D eigenvalue weighted by molar-refractivity contribution is 0.0593. The van der Waals surface area contributed by atoms with Gasteiger partial charge in [-0.3, -0.25) is 14.1 Å². The van der Waals surface area contributed by atoms with Gasteiger partial charge in [0, 0.05) is 30.8 Å². The first-order valence-electron chi connectivity index (χ1n) is 9.74. The molecule has 4 aromatic rings. The zero-order valence-electron chi connectivity index (χ0n) is 16.4. The van der Waals surface area contributed by atoms with Crippen LogP contribution in [0.15, 0.2) is 41.5 Å². The number of ether oxygens (including phenoxy) is 1. The van der Waals surface area contributed by atoms with Crippen molar-refractivity contribution in [2.45, 2.75) is 25.8 Å². The molecule has 0 N–H and O–H groups in total. The van der Waals surface area contributed by atoms with E-state index in [1.54, 1.807) is 23.9 Å². The van der Waals surface area contributed by atoms with Crippen molar-refractivity contribution in [2.75, 3.05) is 13.2 Å². The summed E-state index contributed by atoms with van der Waals surface area (Å²) in [5.41, 5.74) is 5.22. The van der Waals surface area contributed by atoms with Crippen molar-refractivity contribution in [1.82, 2.24) is 19.1 Å². The standard InChI is InChI=1S/C22H21FN4O2/c1-13-8-18-17(9-16(13)14-5-6-20(23)25-10-14)21-19(11-24-18)26(2)22(28)27(21)15-4-3-7-29-12-15/h5-6,8-11,15H,3-4,7,12H2,1-2H3/t15-/m0/s1. The molecule has 4 heterocycles. The molecule has 0 spiro atoms. The second-order valence-electron chi connectivity index (χ2n) is 7.63. The largest absolute Gasteiger partial charge is 0.379 e. The summed E-state index contributed by atoms with van der Waals surface area (Å²) in [7, 11) is 1.78. The fourth-order valence-electron chi connectivity index (χ4n) is 4.29. The normalized spacial score (nSPS) is 17.3. The van der Waals surface area contributed by atoms with Crippen LogP contribution >= 0.6 is 0 Å². The lowest BCUT2D eigenvalue weighted by atomic mass is 9.98. The van der Waals surface area contributed by atoms with E-state index in [0.717, 1.165) is 58.1 Å². The number of aromatic nitrogens is 4. The summed E-state index contributed by atoms with van der Waals surface area (Å²) in [6.07, 6.45) is 5.13. The smallest absolute Gasteiger partial charge is 0.329 e. The van der Waals surface area contributed by atoms with Gasteiger partial charge in [-0.1, -0.05) is 0 Å². The van der Waals surface area contributed by atoms with Crippen LogP contribution in [0, 0.1) is 12.9 Å². The number of nitrogens with zero attached hydrogens (tertiary/aromatic N) is 4. The molecule has 0 unspecified atom stereocenters. The third-order valence-corrected chi connectivity index (χ3v) is 5.80. The highest BCUT2D eigenvalue weighted by Gasteiger charge is 2.24. The van der Waals surface area contributed by atoms with Crippen LogP contribution in [0.25, 0.3) is 33.1 Å². The molecule has 6 nitrogen and oxygen atoms in total. The average molecular weight is 392 g/mol. The van der Waals surface area contributed by atoms with Gasteiger partial charge in [0.1, 0.15) is 0 Å². The van der Waals surface area contributed by atoms with Gasteiger partial charge in [-0.25, -0.2) is 9.78 Å². The van der Waals surface area contributed by atoms with E-state index >= 15 is 0 Å². The predicted octanol–water partition coefficient (Wildman–Crippen LogP) is 3.75. The lowest BCUT2D eigenvalue weighted by Crippen LogP contribution is -2.31. The number of hydrogen-bond donors (Lipinski definition) is 0. The summed E-state index contributed by atoms with van der Waals surface area (Å²) in [5.74, 6) is -0.509. The molecule has 0 bridgehead atoms. The number of imidazole rings is 1. The van der Waals surface area contributed by atoms with Gasteiger partial charge < -0.3 is 4.74 Å². The molecule has 1 atom stereocenters. The van der Waals surface area contributed by atoms with Gasteiger partial charge in [-0.15, -0.1) is 0 Å². The molecule has 1 aromatic carbocycles. The maximum absolute atomic E-state index is 13.3. The van der Waals surface area contributed by atoms with Gasteiger partial charge in [-0.05, 0) is 55.2 Å². The number of pyridine rings is 2. The Morgan fingerprint density at radius 1 is 1.21 bits per heavy atom. The Kier molecular flexibility index (Phi) is 4.20. The molecule has 148 valence electrons. The van der Waals surface area contributed by atoms with Crippen LogP contribution < -0.4 is 5.69 Å². The molecule has 0 aliphatic carbocycles. The molecule has 0 amide bonds. The Balaban J connectivity index is 1.83. The van der Waals surface area contributed by atoms with Crippen molar-refractivity contribution in [3.63, 3.8) is 0 Å². The number of rotatable bonds is 2. The predicted molar refractivity (Wildman–Crippen MR) is 109 cm³/mol. The molecule has 3 aromatic heterocycles. The SMILES string of the molecule is Cc1cc2ncc3c(c2cc1-c1ccc(F)nc1)n([C@H]1CCCOC1)c(=O)n3C. The van der Waals surface area contributed by atoms with Crippen LogP contribution in [0.1, 0.15) is 24.4 Å². The van der Waals surface area contributed by atoms with Crippen molar-refractivity contribution in [3.8, 4) is 11.1 Å². The fraction of sp³-hybridized carbons (Fsp3) is 0.318. The molecular weight excluding hydrogens is 371 g/mol. The van der Waals surface area contributed by atoms with E-state index in [-0.39, 0.29) is 11.7 Å². The number of fused-ring (bicyclic) bond motifs is 3. The second kappa shape index (κ2) is 6.77. The van der Waals surface area contributed by atoms with Gasteiger partial charge in [0.25, 0.3) is 0 Å². The topological polar surface area (TPSA) is 61.9 Å². The quantitative estimate of drug-likeness (QED) is 0.488. The van der Waals surface area contributed by atoms with E-state index in [0.29, 0.717) is 6.61 Å². The van der Waals surface area contributed by atoms with E-state index in [1.807, 2.05) is 23.6 Å². The molecule has 7 heteroatoms. The Bertz CT molecular complexity index is 1280. The van der Waals surface area contributed by atoms with Crippen LogP contribution in [-0.4, -0.2) is 32.3 Å². The summed E-state index contributed by atoms with van der Waals surface area (Å²) in [4.78, 5) is 21.5. The minimum absolute atomic E-state index is 0.00258. The monoisotopic (exact) mass is 392 g/mol. The summed E-state index contributed by atoms with van der Waals surface area (Å²) >= 11 is 0. The summed E-state index contributed by atoms with van der Waals surface area (Å²) < 4.78 is 22.5. The van der Waals surface area contributed by atoms with Crippen LogP contribution in [0.4, 0.5) is 4.39 Å². The Morgan fingerprint density at radius 2 is 2.07 bits per heavy atom. The van der Waals surface area contributed by atoms with Crippen LogP contribution in [0.5, 0.6) is 0 Å². The van der Waals surface area contributed by atoms with Crippen molar-refractivity contribution in [1.29, 1.82) is 0 Å². The minimum atomic E-state index is -0.509. The molecule has 5 rings (SSSR count). The number of benzene rings is 1. The number of halogens is 1. The summed E-state index contributed by atoms with van der Waals surface area (Å²) in [6, 6.07) is 7.12. The zero-order valence-corrected chi connectivity index (χ0v) is 16.4. The molecular formula is C22H21FN4O2. The third-order valence-electron chi connectivity index (χ3n) is 5.80. The molecule has 0 radical (unpaired) electrons. The Hall–Kier alpha value is -3.06. The molecule has 1 aliphatic rings.